The highest BCUT2D eigenvalue weighted by Crippen LogP contribution is 2.28. The summed E-state index contributed by atoms with van der Waals surface area (Å²) in [5.41, 5.74) is 0.213. The van der Waals surface area contributed by atoms with Crippen molar-refractivity contribution in [2.75, 3.05) is 20.1 Å². The van der Waals surface area contributed by atoms with Crippen LogP contribution in [0.2, 0.25) is 0 Å². The van der Waals surface area contributed by atoms with Crippen LogP contribution >= 0.6 is 0 Å². The van der Waals surface area contributed by atoms with Crippen molar-refractivity contribution in [2.45, 2.75) is 45.1 Å². The van der Waals surface area contributed by atoms with Crippen LogP contribution in [0, 0.1) is 0 Å². The zero-order chi connectivity index (χ0) is 10.6. The molecule has 0 heterocycles. The molecule has 1 aliphatic rings. The van der Waals surface area contributed by atoms with Crippen LogP contribution in [-0.4, -0.2) is 36.5 Å². The minimum Gasteiger partial charge on any atom is -0.345 e. The van der Waals surface area contributed by atoms with E-state index in [-0.39, 0.29) is 11.4 Å². The van der Waals surface area contributed by atoms with E-state index < -0.39 is 0 Å². The van der Waals surface area contributed by atoms with Crippen molar-refractivity contribution in [3.63, 3.8) is 0 Å². The third-order valence-electron chi connectivity index (χ3n) is 3.27. The van der Waals surface area contributed by atoms with Gasteiger partial charge in [0.1, 0.15) is 0 Å². The van der Waals surface area contributed by atoms with Crippen LogP contribution in [0.3, 0.4) is 0 Å². The first-order valence-corrected chi connectivity index (χ1v) is 5.56. The number of carbonyl (C=O) groups is 1. The standard InChI is InChI=1S/C11H22N2O/c1-4-13(3)10(14)9-12-11(2)7-5-6-8-11/h12H,4-9H2,1-3H3. The largest absolute Gasteiger partial charge is 0.345 e. The molecule has 1 rings (SSSR count). The Hall–Kier alpha value is -0.570. The molecule has 0 atom stereocenters. The van der Waals surface area contributed by atoms with Gasteiger partial charge in [0.15, 0.2) is 0 Å². The molecular weight excluding hydrogens is 176 g/mol. The monoisotopic (exact) mass is 198 g/mol. The van der Waals surface area contributed by atoms with Gasteiger partial charge < -0.3 is 10.2 Å². The Kier molecular flexibility index (Phi) is 3.93. The molecular formula is C11H22N2O. The van der Waals surface area contributed by atoms with E-state index in [1.165, 1.54) is 25.7 Å². The van der Waals surface area contributed by atoms with Gasteiger partial charge in [-0.2, -0.15) is 0 Å². The van der Waals surface area contributed by atoms with E-state index in [1.807, 2.05) is 14.0 Å². The second-order valence-corrected chi connectivity index (χ2v) is 4.53. The summed E-state index contributed by atoms with van der Waals surface area (Å²) in [6.45, 7) is 5.49. The number of rotatable bonds is 4. The molecule has 3 nitrogen and oxygen atoms in total. The molecule has 1 saturated carbocycles. The lowest BCUT2D eigenvalue weighted by Gasteiger charge is -2.26. The van der Waals surface area contributed by atoms with Gasteiger partial charge in [-0.3, -0.25) is 4.79 Å². The number of nitrogens with zero attached hydrogens (tertiary/aromatic N) is 1. The molecule has 0 bridgehead atoms. The fraction of sp³-hybridized carbons (Fsp3) is 0.909. The van der Waals surface area contributed by atoms with Crippen molar-refractivity contribution in [2.24, 2.45) is 0 Å². The average Bonchev–Trinajstić information content (AvgIpc) is 2.61. The number of nitrogens with one attached hydrogen (secondary N) is 1. The van der Waals surface area contributed by atoms with Crippen molar-refractivity contribution < 1.29 is 4.79 Å². The molecule has 0 radical (unpaired) electrons. The summed E-state index contributed by atoms with van der Waals surface area (Å²) >= 11 is 0. The van der Waals surface area contributed by atoms with Crippen molar-refractivity contribution >= 4 is 5.91 Å². The first kappa shape index (κ1) is 11.5. The highest BCUT2D eigenvalue weighted by molar-refractivity contribution is 5.78. The van der Waals surface area contributed by atoms with E-state index >= 15 is 0 Å². The molecule has 0 unspecified atom stereocenters. The molecule has 0 aromatic carbocycles. The lowest BCUT2D eigenvalue weighted by molar-refractivity contribution is -0.129. The van der Waals surface area contributed by atoms with Crippen LogP contribution in [0.4, 0.5) is 0 Å². The molecule has 1 fully saturated rings. The number of hydrogen-bond acceptors (Lipinski definition) is 2. The number of carbonyl (C=O) groups excluding carboxylic acids is 1. The highest BCUT2D eigenvalue weighted by atomic mass is 16.2. The van der Waals surface area contributed by atoms with Crippen LogP contribution in [0.1, 0.15) is 39.5 Å². The van der Waals surface area contributed by atoms with E-state index in [1.54, 1.807) is 4.90 Å². The van der Waals surface area contributed by atoms with Crippen molar-refractivity contribution in [1.82, 2.24) is 10.2 Å². The number of likely N-dealkylation sites (N-methyl/N-ethyl adjacent to an activating group) is 1. The van der Waals surface area contributed by atoms with Crippen LogP contribution < -0.4 is 5.32 Å². The van der Waals surface area contributed by atoms with Crippen molar-refractivity contribution in [3.8, 4) is 0 Å². The van der Waals surface area contributed by atoms with Gasteiger partial charge in [0, 0.05) is 19.1 Å². The third kappa shape index (κ3) is 2.98. The Bertz CT molecular complexity index is 197. The highest BCUT2D eigenvalue weighted by Gasteiger charge is 2.28. The molecule has 0 aliphatic heterocycles. The summed E-state index contributed by atoms with van der Waals surface area (Å²) in [7, 11) is 1.85. The van der Waals surface area contributed by atoms with Gasteiger partial charge in [-0.05, 0) is 26.7 Å². The first-order chi connectivity index (χ1) is 6.57. The molecule has 0 saturated heterocycles. The average molecular weight is 198 g/mol. The summed E-state index contributed by atoms with van der Waals surface area (Å²) in [4.78, 5) is 13.3. The molecule has 0 aromatic heterocycles. The van der Waals surface area contributed by atoms with Crippen molar-refractivity contribution in [1.29, 1.82) is 0 Å². The fourth-order valence-electron chi connectivity index (χ4n) is 1.93. The van der Waals surface area contributed by atoms with Gasteiger partial charge in [-0.25, -0.2) is 0 Å². The van der Waals surface area contributed by atoms with Gasteiger partial charge in [-0.15, -0.1) is 0 Å². The Morgan fingerprint density at radius 1 is 1.43 bits per heavy atom. The van der Waals surface area contributed by atoms with Gasteiger partial charge in [0.25, 0.3) is 0 Å². The van der Waals surface area contributed by atoms with Crippen LogP contribution in [0.25, 0.3) is 0 Å². The van der Waals surface area contributed by atoms with Gasteiger partial charge >= 0.3 is 0 Å². The fourth-order valence-corrected chi connectivity index (χ4v) is 1.93. The Balaban J connectivity index is 2.29. The quantitative estimate of drug-likeness (QED) is 0.740. The zero-order valence-corrected chi connectivity index (χ0v) is 9.60. The molecule has 3 heteroatoms. The minimum atomic E-state index is 0.195. The molecule has 0 aromatic rings. The maximum Gasteiger partial charge on any atom is 0.236 e. The Morgan fingerprint density at radius 2 is 2.00 bits per heavy atom. The second kappa shape index (κ2) is 4.78. The van der Waals surface area contributed by atoms with E-state index in [9.17, 15) is 4.79 Å². The SMILES string of the molecule is CCN(C)C(=O)CNC1(C)CCCC1. The van der Waals surface area contributed by atoms with Crippen LogP contribution in [0.15, 0.2) is 0 Å². The van der Waals surface area contributed by atoms with Gasteiger partial charge in [-0.1, -0.05) is 12.8 Å². The third-order valence-corrected chi connectivity index (χ3v) is 3.27. The maximum absolute atomic E-state index is 11.5. The summed E-state index contributed by atoms with van der Waals surface area (Å²) in [5.74, 6) is 0.195. The number of hydrogen-bond donors (Lipinski definition) is 1. The van der Waals surface area contributed by atoms with Crippen LogP contribution in [-0.2, 0) is 4.79 Å². The second-order valence-electron chi connectivity index (χ2n) is 4.53. The molecule has 14 heavy (non-hydrogen) atoms. The van der Waals surface area contributed by atoms with Crippen LogP contribution in [0.5, 0.6) is 0 Å². The van der Waals surface area contributed by atoms with Gasteiger partial charge in [0.05, 0.1) is 6.54 Å². The van der Waals surface area contributed by atoms with Crippen molar-refractivity contribution in [3.05, 3.63) is 0 Å². The first-order valence-electron chi connectivity index (χ1n) is 5.56. The van der Waals surface area contributed by atoms with Gasteiger partial charge in [0.2, 0.25) is 5.91 Å². The number of amides is 1. The summed E-state index contributed by atoms with van der Waals surface area (Å²) < 4.78 is 0. The minimum absolute atomic E-state index is 0.195. The molecule has 1 N–H and O–H groups in total. The summed E-state index contributed by atoms with van der Waals surface area (Å²) in [5, 5.41) is 3.38. The smallest absolute Gasteiger partial charge is 0.236 e. The molecule has 82 valence electrons. The normalized spacial score (nSPS) is 19.6. The predicted molar refractivity (Wildman–Crippen MR) is 58.2 cm³/mol. The zero-order valence-electron chi connectivity index (χ0n) is 9.60. The Morgan fingerprint density at radius 3 is 2.50 bits per heavy atom. The van der Waals surface area contributed by atoms with E-state index in [0.717, 1.165) is 6.54 Å². The van der Waals surface area contributed by atoms with E-state index in [4.69, 9.17) is 0 Å². The molecule has 0 spiro atoms. The van der Waals surface area contributed by atoms with E-state index in [0.29, 0.717) is 6.54 Å². The lowest BCUT2D eigenvalue weighted by atomic mass is 10.0. The Labute approximate surface area is 86.9 Å². The predicted octanol–water partition coefficient (Wildman–Crippen LogP) is 1.39. The lowest BCUT2D eigenvalue weighted by Crippen LogP contribution is -2.45. The summed E-state index contributed by atoms with van der Waals surface area (Å²) in [6, 6.07) is 0. The molecule has 1 aliphatic carbocycles. The maximum atomic E-state index is 11.5. The topological polar surface area (TPSA) is 32.3 Å². The van der Waals surface area contributed by atoms with E-state index in [2.05, 4.69) is 12.2 Å². The molecule has 1 amide bonds. The summed E-state index contributed by atoms with van der Waals surface area (Å²) in [6.07, 6.45) is 4.99.